The molecule has 9 heteroatoms. The first-order valence-corrected chi connectivity index (χ1v) is 9.62. The summed E-state index contributed by atoms with van der Waals surface area (Å²) in [6.07, 6.45) is 0.0509. The van der Waals surface area contributed by atoms with Crippen LogP contribution in [0.15, 0.2) is 60.0 Å². The molecule has 1 heterocycles. The summed E-state index contributed by atoms with van der Waals surface area (Å²) in [6.45, 7) is 1.40. The Labute approximate surface area is 170 Å². The summed E-state index contributed by atoms with van der Waals surface area (Å²) in [5.74, 6) is -0.526. The minimum absolute atomic E-state index is 0.0258. The van der Waals surface area contributed by atoms with Gasteiger partial charge in [-0.05, 0) is 5.56 Å². The Balaban J connectivity index is 1.70. The molecule has 0 radical (unpaired) electrons. The highest BCUT2D eigenvalue weighted by Gasteiger charge is 2.18. The molecule has 0 aliphatic rings. The average Bonchev–Trinajstić information content (AvgIpc) is 3.16. The molecule has 3 aromatic rings. The van der Waals surface area contributed by atoms with Crippen molar-refractivity contribution in [1.82, 2.24) is 10.3 Å². The van der Waals surface area contributed by atoms with Crippen molar-refractivity contribution >= 4 is 34.0 Å². The lowest BCUT2D eigenvalue weighted by Gasteiger charge is -2.17. The molecule has 3 rings (SSSR count). The first-order valence-electron chi connectivity index (χ1n) is 8.74. The van der Waals surface area contributed by atoms with E-state index in [0.29, 0.717) is 16.4 Å². The van der Waals surface area contributed by atoms with Crippen LogP contribution in [0.1, 0.15) is 24.9 Å². The molecule has 0 saturated heterocycles. The minimum atomic E-state index is -0.468. The molecule has 2 N–H and O–H groups in total. The number of nitro groups is 1. The van der Waals surface area contributed by atoms with E-state index in [1.807, 2.05) is 30.3 Å². The van der Waals surface area contributed by atoms with Gasteiger partial charge in [0, 0.05) is 30.0 Å². The number of hydrogen-bond acceptors (Lipinski definition) is 6. The topological polar surface area (TPSA) is 114 Å². The highest BCUT2D eigenvalue weighted by molar-refractivity contribution is 7.14. The summed E-state index contributed by atoms with van der Waals surface area (Å²) in [4.78, 5) is 38.8. The third-order valence-corrected chi connectivity index (χ3v) is 4.83. The van der Waals surface area contributed by atoms with E-state index in [-0.39, 0.29) is 23.9 Å². The van der Waals surface area contributed by atoms with Crippen LogP contribution in [0, 0.1) is 10.1 Å². The van der Waals surface area contributed by atoms with Crippen molar-refractivity contribution in [3.8, 4) is 11.3 Å². The molecule has 1 aromatic heterocycles. The molecule has 148 valence electrons. The Hall–Kier alpha value is -3.59. The lowest BCUT2D eigenvalue weighted by atomic mass is 10.0. The highest BCUT2D eigenvalue weighted by atomic mass is 32.1. The maximum absolute atomic E-state index is 12.5. The third-order valence-electron chi connectivity index (χ3n) is 4.07. The van der Waals surface area contributed by atoms with Gasteiger partial charge in [0.1, 0.15) is 0 Å². The maximum Gasteiger partial charge on any atom is 0.270 e. The summed E-state index contributed by atoms with van der Waals surface area (Å²) >= 11 is 1.22. The Bertz CT molecular complexity index is 1040. The Morgan fingerprint density at radius 3 is 2.62 bits per heavy atom. The second kappa shape index (κ2) is 9.07. The molecular formula is C20H18N4O4S. The van der Waals surface area contributed by atoms with E-state index in [9.17, 15) is 19.7 Å². The molecule has 0 spiro atoms. The van der Waals surface area contributed by atoms with Gasteiger partial charge >= 0.3 is 0 Å². The van der Waals surface area contributed by atoms with Crippen molar-refractivity contribution in [2.24, 2.45) is 0 Å². The van der Waals surface area contributed by atoms with Crippen LogP contribution >= 0.6 is 11.3 Å². The Morgan fingerprint density at radius 2 is 1.93 bits per heavy atom. The van der Waals surface area contributed by atoms with Crippen LogP contribution in [0.4, 0.5) is 10.8 Å². The summed E-state index contributed by atoms with van der Waals surface area (Å²) in [5, 5.41) is 18.5. The lowest BCUT2D eigenvalue weighted by molar-refractivity contribution is -0.384. The predicted molar refractivity (Wildman–Crippen MR) is 110 cm³/mol. The number of rotatable bonds is 7. The van der Waals surface area contributed by atoms with Gasteiger partial charge in [-0.25, -0.2) is 4.98 Å². The van der Waals surface area contributed by atoms with Crippen molar-refractivity contribution in [3.05, 3.63) is 75.7 Å². The number of nitrogens with one attached hydrogen (secondary N) is 2. The van der Waals surface area contributed by atoms with E-state index >= 15 is 0 Å². The van der Waals surface area contributed by atoms with Crippen molar-refractivity contribution in [3.63, 3.8) is 0 Å². The number of thiazole rings is 1. The van der Waals surface area contributed by atoms with E-state index < -0.39 is 11.0 Å². The van der Waals surface area contributed by atoms with Gasteiger partial charge in [-0.2, -0.15) is 0 Å². The van der Waals surface area contributed by atoms with Gasteiger partial charge in [0.15, 0.2) is 5.13 Å². The largest absolute Gasteiger partial charge is 0.349 e. The molecule has 8 nitrogen and oxygen atoms in total. The molecule has 0 aliphatic carbocycles. The number of carbonyl (C=O) groups is 2. The van der Waals surface area contributed by atoms with Crippen LogP contribution in [0.25, 0.3) is 11.3 Å². The van der Waals surface area contributed by atoms with E-state index in [2.05, 4.69) is 15.6 Å². The van der Waals surface area contributed by atoms with Gasteiger partial charge in [-0.1, -0.05) is 42.5 Å². The first-order chi connectivity index (χ1) is 13.9. The smallest absolute Gasteiger partial charge is 0.270 e. The molecule has 0 bridgehead atoms. The van der Waals surface area contributed by atoms with Crippen LogP contribution in [0.3, 0.4) is 0 Å². The van der Waals surface area contributed by atoms with E-state index in [1.165, 1.54) is 30.4 Å². The fraction of sp³-hybridized carbons (Fsp3) is 0.150. The number of carbonyl (C=O) groups excluding carboxylic acids is 2. The van der Waals surface area contributed by atoms with Crippen molar-refractivity contribution < 1.29 is 14.5 Å². The van der Waals surface area contributed by atoms with Crippen LogP contribution in [0.2, 0.25) is 0 Å². The molecule has 0 aliphatic heterocycles. The Kier molecular flexibility index (Phi) is 6.30. The van der Waals surface area contributed by atoms with Crippen LogP contribution < -0.4 is 10.6 Å². The molecule has 0 fully saturated rings. The number of non-ortho nitro benzene ring substituents is 1. The van der Waals surface area contributed by atoms with Crippen LogP contribution in [0.5, 0.6) is 0 Å². The molecule has 0 saturated carbocycles. The predicted octanol–water partition coefficient (Wildman–Crippen LogP) is 3.92. The Morgan fingerprint density at radius 1 is 1.17 bits per heavy atom. The lowest BCUT2D eigenvalue weighted by Crippen LogP contribution is -2.29. The van der Waals surface area contributed by atoms with Gasteiger partial charge < -0.3 is 10.6 Å². The van der Waals surface area contributed by atoms with Crippen molar-refractivity contribution in [2.75, 3.05) is 5.32 Å². The SMILES string of the molecule is CC(=O)NC(CC(=O)Nc1nc(-c2cccc([N+](=O)[O-])c2)cs1)c1ccccc1. The second-order valence-corrected chi connectivity index (χ2v) is 7.12. The summed E-state index contributed by atoms with van der Waals surface area (Å²) in [5.41, 5.74) is 1.93. The second-order valence-electron chi connectivity index (χ2n) is 6.26. The van der Waals surface area contributed by atoms with E-state index in [0.717, 1.165) is 5.56 Å². The van der Waals surface area contributed by atoms with Gasteiger partial charge in [-0.3, -0.25) is 19.7 Å². The highest BCUT2D eigenvalue weighted by Crippen LogP contribution is 2.28. The van der Waals surface area contributed by atoms with Crippen molar-refractivity contribution in [2.45, 2.75) is 19.4 Å². The number of amides is 2. The number of nitrogens with zero attached hydrogens (tertiary/aromatic N) is 2. The molecule has 2 aromatic carbocycles. The zero-order valence-electron chi connectivity index (χ0n) is 15.5. The van der Waals surface area contributed by atoms with Crippen molar-refractivity contribution in [1.29, 1.82) is 0 Å². The number of hydrogen-bond donors (Lipinski definition) is 2. The van der Waals surface area contributed by atoms with E-state index in [1.54, 1.807) is 17.5 Å². The standard InChI is InChI=1S/C20H18N4O4S/c1-13(25)21-17(14-6-3-2-4-7-14)11-19(26)23-20-22-18(12-29-20)15-8-5-9-16(10-15)24(27)28/h2-10,12,17H,11H2,1H3,(H,21,25)(H,22,23,26). The zero-order chi connectivity index (χ0) is 20.8. The average molecular weight is 410 g/mol. The van der Waals surface area contributed by atoms with Gasteiger partial charge in [0.05, 0.1) is 23.1 Å². The molecule has 1 unspecified atom stereocenters. The zero-order valence-corrected chi connectivity index (χ0v) is 16.3. The molecule has 29 heavy (non-hydrogen) atoms. The normalized spacial score (nSPS) is 11.5. The van der Waals surface area contributed by atoms with Gasteiger partial charge in [-0.15, -0.1) is 11.3 Å². The maximum atomic E-state index is 12.5. The molecule has 2 amide bonds. The summed E-state index contributed by atoms with van der Waals surface area (Å²) in [7, 11) is 0. The summed E-state index contributed by atoms with van der Waals surface area (Å²) in [6, 6.07) is 14.9. The number of benzene rings is 2. The molecule has 1 atom stereocenters. The minimum Gasteiger partial charge on any atom is -0.349 e. The van der Waals surface area contributed by atoms with Crippen LogP contribution in [-0.4, -0.2) is 21.7 Å². The quantitative estimate of drug-likeness (QED) is 0.452. The van der Waals surface area contributed by atoms with Gasteiger partial charge in [0.2, 0.25) is 11.8 Å². The fourth-order valence-electron chi connectivity index (χ4n) is 2.78. The third kappa shape index (κ3) is 5.45. The number of anilines is 1. The number of aromatic nitrogens is 1. The number of nitro benzene ring substituents is 1. The van der Waals surface area contributed by atoms with Crippen LogP contribution in [-0.2, 0) is 9.59 Å². The fourth-order valence-corrected chi connectivity index (χ4v) is 3.52. The molecular weight excluding hydrogens is 392 g/mol. The summed E-state index contributed by atoms with van der Waals surface area (Å²) < 4.78 is 0. The van der Waals surface area contributed by atoms with E-state index in [4.69, 9.17) is 0 Å². The monoisotopic (exact) mass is 410 g/mol. The van der Waals surface area contributed by atoms with Gasteiger partial charge in [0.25, 0.3) is 5.69 Å². The first kappa shape index (κ1) is 20.2.